The number of carbonyl (C=O) groups is 2. The molecule has 2 aromatic rings. The van der Waals surface area contributed by atoms with Gasteiger partial charge in [0.2, 0.25) is 0 Å². The average Bonchev–Trinajstić information content (AvgIpc) is 3.16. The third-order valence-electron chi connectivity index (χ3n) is 3.62. The predicted molar refractivity (Wildman–Crippen MR) is 92.9 cm³/mol. The molecular weight excluding hydrogens is 379 g/mol. The van der Waals surface area contributed by atoms with Gasteiger partial charge in [-0.2, -0.15) is 0 Å². The van der Waals surface area contributed by atoms with Gasteiger partial charge in [-0.1, -0.05) is 0 Å². The van der Waals surface area contributed by atoms with Crippen LogP contribution >= 0.6 is 0 Å². The first-order valence-corrected chi connectivity index (χ1v) is 9.48. The highest BCUT2D eigenvalue weighted by Crippen LogP contribution is 2.29. The van der Waals surface area contributed by atoms with Crippen LogP contribution in [0.5, 0.6) is 0 Å². The van der Waals surface area contributed by atoms with Crippen LogP contribution in [-0.2, 0) is 24.2 Å². The summed E-state index contributed by atoms with van der Waals surface area (Å²) in [6, 6.07) is 7.24. The normalized spacial score (nSPS) is 12.4. The Labute approximate surface area is 155 Å². The van der Waals surface area contributed by atoms with Crippen LogP contribution in [0.1, 0.15) is 11.0 Å². The van der Waals surface area contributed by atoms with Crippen molar-refractivity contribution in [2.24, 2.45) is 0 Å². The molecule has 146 valence electrons. The summed E-state index contributed by atoms with van der Waals surface area (Å²) in [5, 5.41) is 3.32. The van der Waals surface area contributed by atoms with Gasteiger partial charge in [-0.05, 0) is 36.4 Å². The summed E-state index contributed by atoms with van der Waals surface area (Å²) in [5.41, 5.74) is 0. The van der Waals surface area contributed by atoms with Gasteiger partial charge >= 0.3 is 11.8 Å². The molecule has 0 saturated carbocycles. The zero-order chi connectivity index (χ0) is 19.9. The quantitative estimate of drug-likeness (QED) is 0.386. The summed E-state index contributed by atoms with van der Waals surface area (Å²) in [7, 11) is -2.56. The van der Waals surface area contributed by atoms with Crippen molar-refractivity contribution >= 4 is 21.7 Å². The number of carbonyl (C=O) groups excluding carboxylic acids is 2. The highest BCUT2D eigenvalue weighted by atomic mass is 32.2. The number of sulfone groups is 1. The number of nitrogens with one attached hydrogen (secondary N) is 2. The van der Waals surface area contributed by atoms with E-state index in [-0.39, 0.29) is 23.8 Å². The first kappa shape index (κ1) is 20.6. The number of rotatable bonds is 8. The molecule has 0 aliphatic carbocycles. The molecule has 2 N–H and O–H groups in total. The first-order valence-electron chi connectivity index (χ1n) is 7.94. The smallest absolute Gasteiger partial charge is 0.309 e. The second-order valence-corrected chi connectivity index (χ2v) is 7.59. The molecule has 0 fully saturated rings. The second kappa shape index (κ2) is 9.28. The van der Waals surface area contributed by atoms with Crippen LogP contribution in [0, 0.1) is 5.82 Å². The summed E-state index contributed by atoms with van der Waals surface area (Å²) in [5.74, 6) is -2.40. The number of halogens is 1. The number of amides is 2. The summed E-state index contributed by atoms with van der Waals surface area (Å²) in [6.45, 7) is -0.0328. The zero-order valence-electron chi connectivity index (χ0n) is 14.5. The number of furan rings is 1. The molecule has 0 bridgehead atoms. The fourth-order valence-electron chi connectivity index (χ4n) is 2.24. The maximum Gasteiger partial charge on any atom is 0.309 e. The van der Waals surface area contributed by atoms with Crippen molar-refractivity contribution in [3.05, 3.63) is 54.2 Å². The van der Waals surface area contributed by atoms with Gasteiger partial charge in [-0.25, -0.2) is 12.8 Å². The molecular formula is C17H19FN2O6S. The van der Waals surface area contributed by atoms with Crippen LogP contribution in [0.15, 0.2) is 52.0 Å². The van der Waals surface area contributed by atoms with Gasteiger partial charge in [0.25, 0.3) is 0 Å². The van der Waals surface area contributed by atoms with Gasteiger partial charge in [-0.15, -0.1) is 0 Å². The molecule has 1 unspecified atom stereocenters. The minimum absolute atomic E-state index is 0.0828. The van der Waals surface area contributed by atoms with Crippen LogP contribution in [0.4, 0.5) is 4.39 Å². The van der Waals surface area contributed by atoms with E-state index < -0.39 is 39.3 Å². The highest BCUT2D eigenvalue weighted by molar-refractivity contribution is 7.91. The molecule has 1 atom stereocenters. The Bertz CT molecular complexity index is 865. The van der Waals surface area contributed by atoms with Crippen LogP contribution in [0.25, 0.3) is 0 Å². The lowest BCUT2D eigenvalue weighted by Gasteiger charge is -2.16. The Balaban J connectivity index is 2.15. The predicted octanol–water partition coefficient (Wildman–Crippen LogP) is 0.812. The Morgan fingerprint density at radius 2 is 1.81 bits per heavy atom. The third kappa shape index (κ3) is 5.38. The van der Waals surface area contributed by atoms with Gasteiger partial charge in [0, 0.05) is 20.2 Å². The number of methoxy groups -OCH3 is 1. The van der Waals surface area contributed by atoms with E-state index in [1.807, 2.05) is 0 Å². The van der Waals surface area contributed by atoms with Gasteiger partial charge < -0.3 is 19.8 Å². The van der Waals surface area contributed by atoms with Crippen molar-refractivity contribution in [1.82, 2.24) is 10.6 Å². The fourth-order valence-corrected chi connectivity index (χ4v) is 3.83. The molecule has 0 spiro atoms. The number of ether oxygens (including phenoxy) is 1. The van der Waals surface area contributed by atoms with Crippen molar-refractivity contribution in [2.75, 3.05) is 26.8 Å². The summed E-state index contributed by atoms with van der Waals surface area (Å²) in [4.78, 5) is 23.4. The summed E-state index contributed by atoms with van der Waals surface area (Å²) < 4.78 is 48.8. The van der Waals surface area contributed by atoms with Crippen LogP contribution in [0.2, 0.25) is 0 Å². The molecule has 0 saturated heterocycles. The summed E-state index contributed by atoms with van der Waals surface area (Å²) in [6.07, 6.45) is 1.29. The summed E-state index contributed by atoms with van der Waals surface area (Å²) >= 11 is 0. The standard InChI is InChI=1S/C17H19FN2O6S/c1-25-10-8-19-16(21)17(22)20-11-15(14-3-2-9-26-14)27(23,24)13-6-4-12(18)5-7-13/h2-7,9,15H,8,10-11H2,1H3,(H,19,21)(H,20,22). The van der Waals surface area contributed by atoms with E-state index in [1.165, 1.54) is 25.5 Å². The van der Waals surface area contributed by atoms with Crippen LogP contribution in [-0.4, -0.2) is 47.0 Å². The van der Waals surface area contributed by atoms with Gasteiger partial charge in [0.15, 0.2) is 9.84 Å². The maximum atomic E-state index is 13.1. The first-order chi connectivity index (χ1) is 12.9. The lowest BCUT2D eigenvalue weighted by molar-refractivity contribution is -0.139. The average molecular weight is 398 g/mol. The lowest BCUT2D eigenvalue weighted by Crippen LogP contribution is -2.43. The largest absolute Gasteiger partial charge is 0.468 e. The molecule has 0 aliphatic heterocycles. The molecule has 10 heteroatoms. The SMILES string of the molecule is COCCNC(=O)C(=O)NCC(c1ccco1)S(=O)(=O)c1ccc(F)cc1. The van der Waals surface area contributed by atoms with Crippen LogP contribution < -0.4 is 10.6 Å². The molecule has 1 heterocycles. The Morgan fingerprint density at radius 1 is 1.15 bits per heavy atom. The number of hydrogen-bond donors (Lipinski definition) is 2. The van der Waals surface area contributed by atoms with E-state index in [1.54, 1.807) is 0 Å². The minimum atomic E-state index is -4.01. The Hall–Kier alpha value is -2.72. The molecule has 0 radical (unpaired) electrons. The highest BCUT2D eigenvalue weighted by Gasteiger charge is 2.32. The van der Waals surface area contributed by atoms with E-state index in [2.05, 4.69) is 10.6 Å². The van der Waals surface area contributed by atoms with Crippen molar-refractivity contribution in [3.8, 4) is 0 Å². The topological polar surface area (TPSA) is 115 Å². The molecule has 8 nitrogen and oxygen atoms in total. The fraction of sp³-hybridized carbons (Fsp3) is 0.294. The molecule has 2 rings (SSSR count). The van der Waals surface area contributed by atoms with Crippen molar-refractivity contribution < 1.29 is 31.6 Å². The van der Waals surface area contributed by atoms with E-state index in [0.717, 1.165) is 24.3 Å². The second-order valence-electron chi connectivity index (χ2n) is 5.46. The van der Waals surface area contributed by atoms with Gasteiger partial charge in [0.05, 0.1) is 17.8 Å². The minimum Gasteiger partial charge on any atom is -0.468 e. The van der Waals surface area contributed by atoms with Gasteiger partial charge in [-0.3, -0.25) is 9.59 Å². The van der Waals surface area contributed by atoms with E-state index in [0.29, 0.717) is 0 Å². The third-order valence-corrected chi connectivity index (χ3v) is 5.70. The van der Waals surface area contributed by atoms with Crippen LogP contribution in [0.3, 0.4) is 0 Å². The Morgan fingerprint density at radius 3 is 2.41 bits per heavy atom. The van der Waals surface area contributed by atoms with E-state index >= 15 is 0 Å². The maximum absolute atomic E-state index is 13.1. The molecule has 1 aromatic carbocycles. The number of hydrogen-bond acceptors (Lipinski definition) is 6. The van der Waals surface area contributed by atoms with E-state index in [4.69, 9.17) is 9.15 Å². The molecule has 27 heavy (non-hydrogen) atoms. The van der Waals surface area contributed by atoms with Crippen molar-refractivity contribution in [3.63, 3.8) is 0 Å². The number of benzene rings is 1. The zero-order valence-corrected chi connectivity index (χ0v) is 15.3. The molecule has 2 amide bonds. The van der Waals surface area contributed by atoms with Crippen molar-refractivity contribution in [2.45, 2.75) is 10.1 Å². The van der Waals surface area contributed by atoms with E-state index in [9.17, 15) is 22.4 Å². The lowest BCUT2D eigenvalue weighted by atomic mass is 10.3. The monoisotopic (exact) mass is 398 g/mol. The van der Waals surface area contributed by atoms with Crippen molar-refractivity contribution in [1.29, 1.82) is 0 Å². The van der Waals surface area contributed by atoms with Gasteiger partial charge in [0.1, 0.15) is 16.8 Å². The Kier molecular flexibility index (Phi) is 7.08. The molecule has 0 aliphatic rings. The molecule has 1 aromatic heterocycles.